The van der Waals surface area contributed by atoms with Crippen molar-refractivity contribution in [1.82, 2.24) is 0 Å². The summed E-state index contributed by atoms with van der Waals surface area (Å²) in [6, 6.07) is 6.17. The van der Waals surface area contributed by atoms with Crippen LogP contribution in [0.25, 0.3) is 0 Å². The summed E-state index contributed by atoms with van der Waals surface area (Å²) in [4.78, 5) is 0. The van der Waals surface area contributed by atoms with Crippen molar-refractivity contribution in [3.05, 3.63) is 29.3 Å². The van der Waals surface area contributed by atoms with Crippen molar-refractivity contribution < 1.29 is 23.2 Å². The van der Waals surface area contributed by atoms with Crippen molar-refractivity contribution in [2.45, 2.75) is 56.1 Å². The molecule has 0 aliphatic heterocycles. The Morgan fingerprint density at radius 3 is 2.58 bits per heavy atom. The van der Waals surface area contributed by atoms with Crippen LogP contribution in [0.4, 0.5) is 0 Å². The van der Waals surface area contributed by atoms with Crippen molar-refractivity contribution in [2.75, 3.05) is 0 Å². The van der Waals surface area contributed by atoms with Gasteiger partial charge in [0.05, 0.1) is 5.25 Å². The fourth-order valence-corrected chi connectivity index (χ4v) is 4.36. The standard InChI is InChI=1S/C15H23NOS.ClH/c1-9(2)18-13-7-10-5-6-11(17)8-12(10)15(3,4)14(13)16;/h5-6,8-9,13-14,17H,7,16H2,1-4H3;1H/t13-,14+;/m1./s1. The third-order valence-corrected chi connectivity index (χ3v) is 5.42. The Labute approximate surface area is 126 Å². The fraction of sp³-hybridized carbons (Fsp3) is 0.600. The second-order valence-electron chi connectivity index (χ2n) is 6.10. The molecule has 0 aromatic heterocycles. The van der Waals surface area contributed by atoms with E-state index in [1.807, 2.05) is 17.8 Å². The van der Waals surface area contributed by atoms with Crippen molar-refractivity contribution in [2.24, 2.45) is 0 Å². The lowest BCUT2D eigenvalue weighted by Gasteiger charge is -2.41. The van der Waals surface area contributed by atoms with Gasteiger partial charge in [0.25, 0.3) is 0 Å². The van der Waals surface area contributed by atoms with Gasteiger partial charge in [-0.25, -0.2) is 0 Å². The molecule has 2 atom stereocenters. The zero-order valence-electron chi connectivity index (χ0n) is 12.1. The Kier molecular flexibility index (Phi) is 5.21. The highest BCUT2D eigenvalue weighted by Crippen LogP contribution is 2.41. The smallest absolute Gasteiger partial charge is 0.115 e. The van der Waals surface area contributed by atoms with E-state index in [0.717, 1.165) is 6.42 Å². The number of hydrogen-bond donors (Lipinski definition) is 2. The van der Waals surface area contributed by atoms with Gasteiger partial charge in [-0.15, -0.1) is 11.8 Å². The average molecular weight is 302 g/mol. The van der Waals surface area contributed by atoms with Gasteiger partial charge in [-0.2, -0.15) is 0 Å². The van der Waals surface area contributed by atoms with Crippen molar-refractivity contribution in [3.63, 3.8) is 0 Å². The molecule has 1 aromatic rings. The highest BCUT2D eigenvalue weighted by Gasteiger charge is 2.43. The summed E-state index contributed by atoms with van der Waals surface area (Å²) in [6.07, 6.45) is 1.07. The molecule has 4 heteroatoms. The van der Waals surface area contributed by atoms with E-state index in [-0.39, 0.29) is 17.8 Å². The van der Waals surface area contributed by atoms with Gasteiger partial charge in [0.15, 0.2) is 0 Å². The number of thioether (sulfide) groups is 1. The number of quaternary nitrogens is 1. The topological polar surface area (TPSA) is 47.9 Å². The van der Waals surface area contributed by atoms with Crippen LogP contribution < -0.4 is 18.1 Å². The monoisotopic (exact) mass is 301 g/mol. The largest absolute Gasteiger partial charge is 1.00 e. The number of phenolic OH excluding ortho intramolecular Hbond substituents is 1. The molecule has 1 aromatic carbocycles. The van der Waals surface area contributed by atoms with Crippen molar-refractivity contribution in [1.29, 1.82) is 0 Å². The molecular formula is C15H24ClNOS. The lowest BCUT2D eigenvalue weighted by molar-refractivity contribution is -0.435. The zero-order chi connectivity index (χ0) is 13.5. The summed E-state index contributed by atoms with van der Waals surface area (Å²) >= 11 is 2.03. The Balaban J connectivity index is 0.00000180. The summed E-state index contributed by atoms with van der Waals surface area (Å²) in [6.45, 7) is 8.99. The molecule has 0 unspecified atom stereocenters. The molecule has 0 fully saturated rings. The molecule has 2 nitrogen and oxygen atoms in total. The number of fused-ring (bicyclic) bond motifs is 1. The van der Waals surface area contributed by atoms with Crippen molar-refractivity contribution >= 4 is 11.8 Å². The Morgan fingerprint density at radius 1 is 1.37 bits per heavy atom. The van der Waals surface area contributed by atoms with E-state index in [1.54, 1.807) is 6.07 Å². The van der Waals surface area contributed by atoms with Crippen LogP contribution in [-0.2, 0) is 11.8 Å². The predicted octanol–water partition coefficient (Wildman–Crippen LogP) is -0.649. The molecule has 1 aliphatic rings. The van der Waals surface area contributed by atoms with E-state index in [4.69, 9.17) is 0 Å². The zero-order valence-corrected chi connectivity index (χ0v) is 13.7. The first kappa shape index (κ1) is 16.7. The molecule has 0 bridgehead atoms. The van der Waals surface area contributed by atoms with Crippen LogP contribution in [0.1, 0.15) is 38.8 Å². The molecule has 0 radical (unpaired) electrons. The molecule has 0 saturated carbocycles. The van der Waals surface area contributed by atoms with Gasteiger partial charge in [0.2, 0.25) is 0 Å². The van der Waals surface area contributed by atoms with Crippen LogP contribution in [-0.4, -0.2) is 21.6 Å². The number of aromatic hydroxyl groups is 1. The first-order chi connectivity index (χ1) is 8.32. The summed E-state index contributed by atoms with van der Waals surface area (Å²) < 4.78 is 0. The molecule has 0 saturated heterocycles. The normalized spacial score (nSPS) is 24.7. The van der Waals surface area contributed by atoms with Crippen molar-refractivity contribution in [3.8, 4) is 5.75 Å². The molecule has 2 rings (SSSR count). The third-order valence-electron chi connectivity index (χ3n) is 4.03. The lowest BCUT2D eigenvalue weighted by Crippen LogP contribution is -3.00. The minimum absolute atomic E-state index is 0. The molecule has 0 amide bonds. The van der Waals surface area contributed by atoms with E-state index in [0.29, 0.717) is 22.3 Å². The van der Waals surface area contributed by atoms with Gasteiger partial charge in [0.1, 0.15) is 11.8 Å². The first-order valence-electron chi connectivity index (χ1n) is 6.63. The number of rotatable bonds is 2. The maximum Gasteiger partial charge on any atom is 0.115 e. The second-order valence-corrected chi connectivity index (χ2v) is 7.92. The van der Waals surface area contributed by atoms with Crippen LogP contribution in [0.15, 0.2) is 18.2 Å². The number of halogens is 1. The molecule has 1 aliphatic carbocycles. The minimum atomic E-state index is 0. The summed E-state index contributed by atoms with van der Waals surface area (Å²) in [5, 5.41) is 10.9. The Morgan fingerprint density at radius 2 is 2.00 bits per heavy atom. The SMILES string of the molecule is CC(C)S[C@@H]1Cc2ccc(O)cc2C(C)(C)[C@H]1[NH3+].[Cl-]. The van der Waals surface area contributed by atoms with Gasteiger partial charge in [-0.3, -0.25) is 0 Å². The van der Waals surface area contributed by atoms with E-state index in [2.05, 4.69) is 39.5 Å². The molecule has 19 heavy (non-hydrogen) atoms. The fourth-order valence-electron chi connectivity index (χ4n) is 2.86. The Hall–Kier alpha value is -0.380. The maximum atomic E-state index is 9.69. The molecule has 0 spiro atoms. The molecular weight excluding hydrogens is 278 g/mol. The first-order valence-corrected chi connectivity index (χ1v) is 7.57. The quantitative estimate of drug-likeness (QED) is 0.763. The minimum Gasteiger partial charge on any atom is -1.00 e. The van der Waals surface area contributed by atoms with Gasteiger partial charge in [-0.1, -0.05) is 33.8 Å². The van der Waals surface area contributed by atoms with E-state index < -0.39 is 0 Å². The maximum absolute atomic E-state index is 9.69. The third kappa shape index (κ3) is 3.21. The van der Waals surface area contributed by atoms with Crippen LogP contribution >= 0.6 is 11.8 Å². The summed E-state index contributed by atoms with van der Waals surface area (Å²) in [7, 11) is 0. The van der Waals surface area contributed by atoms with E-state index in [1.165, 1.54) is 11.1 Å². The van der Waals surface area contributed by atoms with Crippen LogP contribution in [0.5, 0.6) is 5.75 Å². The predicted molar refractivity (Wildman–Crippen MR) is 78.0 cm³/mol. The van der Waals surface area contributed by atoms with Crippen LogP contribution in [0, 0.1) is 0 Å². The Bertz CT molecular complexity index is 448. The average Bonchev–Trinajstić information content (AvgIpc) is 2.27. The van der Waals surface area contributed by atoms with Gasteiger partial charge < -0.3 is 23.2 Å². The lowest BCUT2D eigenvalue weighted by atomic mass is 9.69. The summed E-state index contributed by atoms with van der Waals surface area (Å²) in [5.41, 5.74) is 7.08. The number of benzene rings is 1. The van der Waals surface area contributed by atoms with E-state index >= 15 is 0 Å². The second kappa shape index (κ2) is 5.94. The highest BCUT2D eigenvalue weighted by molar-refractivity contribution is 8.00. The highest BCUT2D eigenvalue weighted by atomic mass is 35.5. The molecule has 0 heterocycles. The number of phenols is 1. The van der Waals surface area contributed by atoms with Gasteiger partial charge in [-0.05, 0) is 34.9 Å². The number of hydrogen-bond acceptors (Lipinski definition) is 2. The van der Waals surface area contributed by atoms with Gasteiger partial charge in [0, 0.05) is 5.41 Å². The van der Waals surface area contributed by atoms with Gasteiger partial charge >= 0.3 is 0 Å². The molecule has 4 N–H and O–H groups in total. The summed E-state index contributed by atoms with van der Waals surface area (Å²) in [5.74, 6) is 0.365. The van der Waals surface area contributed by atoms with Crippen LogP contribution in [0.3, 0.4) is 0 Å². The van der Waals surface area contributed by atoms with Crippen LogP contribution in [0.2, 0.25) is 0 Å². The van der Waals surface area contributed by atoms with E-state index in [9.17, 15) is 5.11 Å². The molecule has 108 valence electrons.